The number of carbonyl (C=O) groups is 2. The summed E-state index contributed by atoms with van der Waals surface area (Å²) in [6.45, 7) is 0.608. The molecule has 36 heavy (non-hydrogen) atoms. The standard InChI is InChI=1S/C25H34F3N3O5/c26-25(27,28)24(8-12-35-13-9-24)23(34)31-20(22(32)33)7-11-36-19-14-16(15-19)3-5-18-6-4-17-2-1-10-29-21(17)30-18/h4,6,16,19-20H,1-3,5,7-15H2,(H,29,30)(H,31,34)(H,32,33). The molecule has 0 radical (unpaired) electrons. The molecule has 1 aliphatic carbocycles. The monoisotopic (exact) mass is 513 g/mol. The highest BCUT2D eigenvalue weighted by Gasteiger charge is 2.60. The Morgan fingerprint density at radius 2 is 2.03 bits per heavy atom. The Hall–Kier alpha value is -2.40. The van der Waals surface area contributed by atoms with Gasteiger partial charge in [0.2, 0.25) is 5.91 Å². The first kappa shape index (κ1) is 26.7. The highest BCUT2D eigenvalue weighted by atomic mass is 19.4. The number of halogens is 3. The molecule has 0 bridgehead atoms. The Morgan fingerprint density at radius 1 is 1.28 bits per heavy atom. The SMILES string of the molecule is O=C(O)C(CCOC1CC(CCc2ccc3c(n2)NCCC3)C1)NC(=O)C1(C(F)(F)F)CCOCC1. The van der Waals surface area contributed by atoms with Gasteiger partial charge in [-0.3, -0.25) is 4.79 Å². The van der Waals surface area contributed by atoms with Gasteiger partial charge in [-0.25, -0.2) is 9.78 Å². The lowest BCUT2D eigenvalue weighted by molar-refractivity contribution is -0.240. The third-order valence-electron chi connectivity index (χ3n) is 7.64. The lowest BCUT2D eigenvalue weighted by Crippen LogP contribution is -2.57. The molecule has 11 heteroatoms. The molecule has 0 spiro atoms. The van der Waals surface area contributed by atoms with Crippen molar-refractivity contribution in [1.29, 1.82) is 0 Å². The van der Waals surface area contributed by atoms with Crippen LogP contribution in [0.15, 0.2) is 12.1 Å². The molecule has 4 rings (SSSR count). The van der Waals surface area contributed by atoms with E-state index >= 15 is 0 Å². The van der Waals surface area contributed by atoms with Crippen LogP contribution >= 0.6 is 0 Å². The minimum atomic E-state index is -4.79. The van der Waals surface area contributed by atoms with E-state index in [4.69, 9.17) is 14.5 Å². The Labute approximate surface area is 208 Å². The van der Waals surface area contributed by atoms with E-state index in [0.717, 1.165) is 56.6 Å². The zero-order chi connectivity index (χ0) is 25.8. The van der Waals surface area contributed by atoms with Crippen molar-refractivity contribution in [3.05, 3.63) is 23.4 Å². The molecule has 1 atom stereocenters. The van der Waals surface area contributed by atoms with Gasteiger partial charge in [-0.2, -0.15) is 13.2 Å². The zero-order valence-electron chi connectivity index (χ0n) is 20.2. The van der Waals surface area contributed by atoms with Crippen LogP contribution in [0.2, 0.25) is 0 Å². The van der Waals surface area contributed by atoms with Crippen molar-refractivity contribution >= 4 is 17.7 Å². The van der Waals surface area contributed by atoms with Crippen molar-refractivity contribution in [2.24, 2.45) is 11.3 Å². The fraction of sp³-hybridized carbons (Fsp3) is 0.720. The zero-order valence-corrected chi connectivity index (χ0v) is 20.2. The first-order valence-corrected chi connectivity index (χ1v) is 12.7. The number of amides is 1. The highest BCUT2D eigenvalue weighted by Crippen LogP contribution is 2.46. The summed E-state index contributed by atoms with van der Waals surface area (Å²) in [7, 11) is 0. The Bertz CT molecular complexity index is 930. The van der Waals surface area contributed by atoms with Gasteiger partial charge in [-0.05, 0) is 68.9 Å². The van der Waals surface area contributed by atoms with E-state index < -0.39 is 42.4 Å². The second kappa shape index (κ2) is 11.3. The van der Waals surface area contributed by atoms with Gasteiger partial charge in [0.25, 0.3) is 0 Å². The van der Waals surface area contributed by atoms with Gasteiger partial charge in [0.05, 0.1) is 6.10 Å². The topological polar surface area (TPSA) is 110 Å². The van der Waals surface area contributed by atoms with Crippen LogP contribution in [0, 0.1) is 11.3 Å². The lowest BCUT2D eigenvalue weighted by atomic mass is 9.78. The minimum absolute atomic E-state index is 0.00434. The first-order chi connectivity index (χ1) is 17.2. The van der Waals surface area contributed by atoms with Crippen LogP contribution in [0.4, 0.5) is 19.0 Å². The highest BCUT2D eigenvalue weighted by molar-refractivity contribution is 5.88. The number of ether oxygens (including phenoxy) is 2. The molecule has 200 valence electrons. The summed E-state index contributed by atoms with van der Waals surface area (Å²) < 4.78 is 51.8. The average Bonchev–Trinajstić information content (AvgIpc) is 2.83. The van der Waals surface area contributed by atoms with Crippen molar-refractivity contribution in [2.45, 2.75) is 76.1 Å². The van der Waals surface area contributed by atoms with Gasteiger partial charge < -0.3 is 25.2 Å². The normalized spacial score (nSPS) is 24.1. The molecule has 1 amide bonds. The molecular formula is C25H34F3N3O5. The molecular weight excluding hydrogens is 479 g/mol. The number of carboxylic acid groups (broad SMARTS) is 1. The predicted molar refractivity (Wildman–Crippen MR) is 125 cm³/mol. The smallest absolute Gasteiger partial charge is 0.403 e. The Kier molecular flexibility index (Phi) is 8.39. The summed E-state index contributed by atoms with van der Waals surface area (Å²) in [6, 6.07) is 2.79. The number of rotatable bonds is 10. The van der Waals surface area contributed by atoms with Gasteiger partial charge in [0.1, 0.15) is 17.3 Å². The van der Waals surface area contributed by atoms with Crippen LogP contribution < -0.4 is 10.6 Å². The van der Waals surface area contributed by atoms with Crippen LogP contribution in [0.3, 0.4) is 0 Å². The molecule has 1 aromatic heterocycles. The number of nitrogens with one attached hydrogen (secondary N) is 2. The maximum atomic E-state index is 13.7. The minimum Gasteiger partial charge on any atom is -0.480 e. The molecule has 1 unspecified atom stereocenters. The lowest BCUT2D eigenvalue weighted by Gasteiger charge is -2.38. The van der Waals surface area contributed by atoms with E-state index in [2.05, 4.69) is 22.8 Å². The van der Waals surface area contributed by atoms with Crippen molar-refractivity contribution in [3.63, 3.8) is 0 Å². The molecule has 3 heterocycles. The quantitative estimate of drug-likeness (QED) is 0.439. The number of hydrogen-bond acceptors (Lipinski definition) is 6. The van der Waals surface area contributed by atoms with E-state index in [1.165, 1.54) is 5.56 Å². The van der Waals surface area contributed by atoms with Crippen molar-refractivity contribution < 1.29 is 37.3 Å². The van der Waals surface area contributed by atoms with Crippen LogP contribution in [0.5, 0.6) is 0 Å². The fourth-order valence-corrected chi connectivity index (χ4v) is 5.17. The van der Waals surface area contributed by atoms with Gasteiger partial charge >= 0.3 is 12.1 Å². The third kappa shape index (κ3) is 6.11. The molecule has 3 N–H and O–H groups in total. The Morgan fingerprint density at radius 3 is 2.72 bits per heavy atom. The first-order valence-electron chi connectivity index (χ1n) is 12.7. The summed E-state index contributed by atoms with van der Waals surface area (Å²) >= 11 is 0. The number of hydrogen-bond donors (Lipinski definition) is 3. The number of fused-ring (bicyclic) bond motifs is 1. The summed E-state index contributed by atoms with van der Waals surface area (Å²) in [5, 5.41) is 14.9. The number of aromatic nitrogens is 1. The molecule has 2 fully saturated rings. The van der Waals surface area contributed by atoms with Gasteiger partial charge in [0, 0.05) is 38.5 Å². The number of pyridine rings is 1. The number of aryl methyl sites for hydroxylation is 2. The van der Waals surface area contributed by atoms with E-state index in [9.17, 15) is 27.9 Å². The molecule has 1 saturated heterocycles. The van der Waals surface area contributed by atoms with Crippen LogP contribution in [-0.2, 0) is 31.9 Å². The fourth-order valence-electron chi connectivity index (χ4n) is 5.17. The largest absolute Gasteiger partial charge is 0.480 e. The second-order valence-electron chi connectivity index (χ2n) is 10.1. The Balaban J connectivity index is 1.18. The number of alkyl halides is 3. The van der Waals surface area contributed by atoms with Crippen molar-refractivity contribution in [1.82, 2.24) is 10.3 Å². The molecule has 8 nitrogen and oxygen atoms in total. The van der Waals surface area contributed by atoms with E-state index in [1.807, 2.05) is 0 Å². The number of nitrogens with zero attached hydrogens (tertiary/aromatic N) is 1. The number of carboxylic acids is 1. The van der Waals surface area contributed by atoms with Crippen LogP contribution in [0.25, 0.3) is 0 Å². The maximum Gasteiger partial charge on any atom is 0.403 e. The van der Waals surface area contributed by atoms with E-state index in [0.29, 0.717) is 5.92 Å². The van der Waals surface area contributed by atoms with Crippen LogP contribution in [0.1, 0.15) is 56.2 Å². The molecule has 3 aliphatic rings. The maximum absolute atomic E-state index is 13.7. The van der Waals surface area contributed by atoms with Crippen molar-refractivity contribution in [3.8, 4) is 0 Å². The number of carbonyl (C=O) groups excluding carboxylic acids is 1. The third-order valence-corrected chi connectivity index (χ3v) is 7.64. The van der Waals surface area contributed by atoms with Crippen LogP contribution in [-0.4, -0.2) is 66.7 Å². The van der Waals surface area contributed by atoms with E-state index in [-0.39, 0.29) is 32.3 Å². The molecule has 1 saturated carbocycles. The number of anilines is 1. The van der Waals surface area contributed by atoms with E-state index in [1.54, 1.807) is 0 Å². The second-order valence-corrected chi connectivity index (χ2v) is 10.1. The van der Waals surface area contributed by atoms with Gasteiger partial charge in [-0.15, -0.1) is 0 Å². The average molecular weight is 514 g/mol. The van der Waals surface area contributed by atoms with Crippen molar-refractivity contribution in [2.75, 3.05) is 31.7 Å². The summed E-state index contributed by atoms with van der Waals surface area (Å²) in [5.74, 6) is -1.20. The summed E-state index contributed by atoms with van der Waals surface area (Å²) in [4.78, 5) is 28.9. The molecule has 2 aliphatic heterocycles. The van der Waals surface area contributed by atoms with Gasteiger partial charge in [-0.1, -0.05) is 6.07 Å². The van der Waals surface area contributed by atoms with Gasteiger partial charge in [0.15, 0.2) is 0 Å². The molecule has 0 aromatic carbocycles. The summed E-state index contributed by atoms with van der Waals surface area (Å²) in [5.41, 5.74) is -0.294. The summed E-state index contributed by atoms with van der Waals surface area (Å²) in [6.07, 6.45) is -0.176. The predicted octanol–water partition coefficient (Wildman–Crippen LogP) is 3.49. The number of aliphatic carboxylic acids is 1. The molecule has 1 aromatic rings.